The maximum absolute atomic E-state index is 12.2. The number of rotatable bonds is 5. The first kappa shape index (κ1) is 13.1. The smallest absolute Gasteiger partial charge is 0.227 e. The fraction of sp³-hybridized carbons (Fsp3) is 0.533. The van der Waals surface area contributed by atoms with Gasteiger partial charge in [0.15, 0.2) is 0 Å². The minimum absolute atomic E-state index is 0.0489. The van der Waals surface area contributed by atoms with E-state index in [-0.39, 0.29) is 11.8 Å². The third kappa shape index (κ3) is 3.10. The van der Waals surface area contributed by atoms with Gasteiger partial charge in [-0.15, -0.1) is 0 Å². The van der Waals surface area contributed by atoms with E-state index in [1.165, 1.54) is 11.1 Å². The van der Waals surface area contributed by atoms with Crippen molar-refractivity contribution in [2.24, 2.45) is 5.73 Å². The maximum Gasteiger partial charge on any atom is 0.227 e. The van der Waals surface area contributed by atoms with E-state index in [2.05, 4.69) is 23.5 Å². The van der Waals surface area contributed by atoms with Crippen molar-refractivity contribution in [2.75, 3.05) is 13.1 Å². The molecule has 1 aromatic carbocycles. The largest absolute Gasteiger partial charge is 0.356 e. The molecule has 0 aliphatic heterocycles. The Labute approximate surface area is 109 Å². The molecule has 2 rings (SSSR count). The van der Waals surface area contributed by atoms with Crippen LogP contribution in [-0.4, -0.2) is 19.0 Å². The third-order valence-electron chi connectivity index (χ3n) is 3.62. The van der Waals surface area contributed by atoms with Gasteiger partial charge >= 0.3 is 0 Å². The lowest BCUT2D eigenvalue weighted by atomic mass is 9.82. The van der Waals surface area contributed by atoms with E-state index in [1.807, 2.05) is 6.07 Å². The summed E-state index contributed by atoms with van der Waals surface area (Å²) in [6.07, 6.45) is 5.13. The van der Waals surface area contributed by atoms with E-state index in [1.54, 1.807) is 0 Å². The fourth-order valence-electron chi connectivity index (χ4n) is 2.63. The molecule has 0 spiro atoms. The summed E-state index contributed by atoms with van der Waals surface area (Å²) in [7, 11) is 0. The van der Waals surface area contributed by atoms with Gasteiger partial charge in [0.05, 0.1) is 5.92 Å². The van der Waals surface area contributed by atoms with Gasteiger partial charge in [0, 0.05) is 6.54 Å². The molecule has 1 aromatic rings. The monoisotopic (exact) mass is 246 g/mol. The highest BCUT2D eigenvalue weighted by Crippen LogP contribution is 2.31. The Kier molecular flexibility index (Phi) is 4.76. The summed E-state index contributed by atoms with van der Waals surface area (Å²) >= 11 is 0. The third-order valence-corrected chi connectivity index (χ3v) is 3.62. The van der Waals surface area contributed by atoms with Crippen molar-refractivity contribution in [3.05, 3.63) is 35.4 Å². The maximum atomic E-state index is 12.2. The van der Waals surface area contributed by atoms with Crippen LogP contribution in [0.3, 0.4) is 0 Å². The molecule has 0 radical (unpaired) electrons. The van der Waals surface area contributed by atoms with Gasteiger partial charge in [-0.3, -0.25) is 4.79 Å². The first-order valence-corrected chi connectivity index (χ1v) is 6.88. The zero-order chi connectivity index (χ0) is 12.8. The summed E-state index contributed by atoms with van der Waals surface area (Å²) in [5, 5.41) is 3.03. The van der Waals surface area contributed by atoms with Crippen molar-refractivity contribution in [3.8, 4) is 0 Å². The molecule has 0 aromatic heterocycles. The number of benzene rings is 1. The van der Waals surface area contributed by atoms with Crippen molar-refractivity contribution >= 4 is 5.91 Å². The number of hydrogen-bond donors (Lipinski definition) is 2. The molecular weight excluding hydrogens is 224 g/mol. The van der Waals surface area contributed by atoms with Gasteiger partial charge in [-0.25, -0.2) is 0 Å². The number of carbonyl (C=O) groups is 1. The van der Waals surface area contributed by atoms with Crippen LogP contribution >= 0.6 is 0 Å². The standard InChI is InChI=1S/C15H22N2O/c16-10-3-4-11-17-15(18)14-9-5-7-12-6-1-2-8-13(12)14/h1-2,6,8,14H,3-5,7,9-11,16H2,(H,17,18). The second kappa shape index (κ2) is 6.55. The van der Waals surface area contributed by atoms with E-state index >= 15 is 0 Å². The molecule has 1 unspecified atom stereocenters. The van der Waals surface area contributed by atoms with Crippen LogP contribution in [0.1, 0.15) is 42.7 Å². The van der Waals surface area contributed by atoms with Crippen LogP contribution in [0.25, 0.3) is 0 Å². The highest BCUT2D eigenvalue weighted by Gasteiger charge is 2.25. The lowest BCUT2D eigenvalue weighted by Gasteiger charge is -2.24. The molecule has 0 fully saturated rings. The lowest BCUT2D eigenvalue weighted by Crippen LogP contribution is -2.32. The number of nitrogens with two attached hydrogens (primary N) is 1. The molecule has 3 nitrogen and oxygen atoms in total. The summed E-state index contributed by atoms with van der Waals surface area (Å²) in [4.78, 5) is 12.2. The minimum atomic E-state index is 0.0489. The molecule has 98 valence electrons. The number of hydrogen-bond acceptors (Lipinski definition) is 2. The Morgan fingerprint density at radius 3 is 3.00 bits per heavy atom. The molecule has 0 saturated heterocycles. The average Bonchev–Trinajstić information content (AvgIpc) is 2.43. The van der Waals surface area contributed by atoms with E-state index in [9.17, 15) is 4.79 Å². The van der Waals surface area contributed by atoms with Crippen molar-refractivity contribution in [3.63, 3.8) is 0 Å². The highest BCUT2D eigenvalue weighted by atomic mass is 16.1. The van der Waals surface area contributed by atoms with Crippen molar-refractivity contribution in [2.45, 2.75) is 38.0 Å². The van der Waals surface area contributed by atoms with Gasteiger partial charge in [0.25, 0.3) is 0 Å². The highest BCUT2D eigenvalue weighted by molar-refractivity contribution is 5.84. The van der Waals surface area contributed by atoms with Crippen LogP contribution in [-0.2, 0) is 11.2 Å². The number of aryl methyl sites for hydroxylation is 1. The zero-order valence-electron chi connectivity index (χ0n) is 10.8. The molecule has 18 heavy (non-hydrogen) atoms. The number of amides is 1. The summed E-state index contributed by atoms with van der Waals surface area (Å²) in [5.41, 5.74) is 8.00. The van der Waals surface area contributed by atoms with Gasteiger partial charge in [-0.05, 0) is 49.8 Å². The van der Waals surface area contributed by atoms with Crippen LogP contribution in [0.5, 0.6) is 0 Å². The van der Waals surface area contributed by atoms with Crippen LogP contribution in [0.15, 0.2) is 24.3 Å². The minimum Gasteiger partial charge on any atom is -0.356 e. The van der Waals surface area contributed by atoms with Gasteiger partial charge in [0.2, 0.25) is 5.91 Å². The van der Waals surface area contributed by atoms with Crippen molar-refractivity contribution in [1.29, 1.82) is 0 Å². The molecule has 1 amide bonds. The summed E-state index contributed by atoms with van der Waals surface area (Å²) in [5.74, 6) is 0.229. The Morgan fingerprint density at radius 1 is 1.33 bits per heavy atom. The van der Waals surface area contributed by atoms with Crippen LogP contribution in [0.4, 0.5) is 0 Å². The quantitative estimate of drug-likeness (QED) is 0.780. The van der Waals surface area contributed by atoms with E-state index < -0.39 is 0 Å². The molecule has 3 heteroatoms. The predicted molar refractivity (Wildman–Crippen MR) is 73.4 cm³/mol. The SMILES string of the molecule is NCCCCNC(=O)C1CCCc2ccccc21. The second-order valence-electron chi connectivity index (χ2n) is 4.93. The van der Waals surface area contributed by atoms with Gasteiger partial charge in [0.1, 0.15) is 0 Å². The summed E-state index contributed by atoms with van der Waals surface area (Å²) in [6, 6.07) is 8.32. The Bertz CT molecular complexity index is 403. The number of fused-ring (bicyclic) bond motifs is 1. The molecule has 1 atom stereocenters. The summed E-state index contributed by atoms with van der Waals surface area (Å²) < 4.78 is 0. The number of nitrogens with one attached hydrogen (secondary N) is 1. The fourth-order valence-corrected chi connectivity index (χ4v) is 2.63. The molecule has 1 aliphatic rings. The second-order valence-corrected chi connectivity index (χ2v) is 4.93. The first-order valence-electron chi connectivity index (χ1n) is 6.88. The van der Waals surface area contributed by atoms with E-state index in [4.69, 9.17) is 5.73 Å². The molecule has 1 aliphatic carbocycles. The topological polar surface area (TPSA) is 55.1 Å². The van der Waals surface area contributed by atoms with Crippen molar-refractivity contribution in [1.82, 2.24) is 5.32 Å². The Morgan fingerprint density at radius 2 is 2.17 bits per heavy atom. The van der Waals surface area contributed by atoms with Crippen LogP contribution in [0.2, 0.25) is 0 Å². The zero-order valence-corrected chi connectivity index (χ0v) is 10.8. The van der Waals surface area contributed by atoms with Gasteiger partial charge < -0.3 is 11.1 Å². The molecule has 0 heterocycles. The van der Waals surface area contributed by atoms with E-state index in [0.29, 0.717) is 6.54 Å². The van der Waals surface area contributed by atoms with E-state index in [0.717, 1.165) is 38.6 Å². The summed E-state index contributed by atoms with van der Waals surface area (Å²) in [6.45, 7) is 1.44. The van der Waals surface area contributed by atoms with Crippen LogP contribution in [0, 0.1) is 0 Å². The first-order chi connectivity index (χ1) is 8.83. The molecule has 3 N–H and O–H groups in total. The number of unbranched alkanes of at least 4 members (excludes halogenated alkanes) is 1. The Hall–Kier alpha value is -1.35. The van der Waals surface area contributed by atoms with Crippen LogP contribution < -0.4 is 11.1 Å². The lowest BCUT2D eigenvalue weighted by molar-refractivity contribution is -0.122. The molecular formula is C15H22N2O. The average molecular weight is 246 g/mol. The van der Waals surface area contributed by atoms with Gasteiger partial charge in [-0.2, -0.15) is 0 Å². The Balaban J connectivity index is 1.95. The normalized spacial score (nSPS) is 18.2. The van der Waals surface area contributed by atoms with Gasteiger partial charge in [-0.1, -0.05) is 24.3 Å². The molecule has 0 bridgehead atoms. The molecule has 0 saturated carbocycles. The van der Waals surface area contributed by atoms with Crippen molar-refractivity contribution < 1.29 is 4.79 Å². The number of carbonyl (C=O) groups excluding carboxylic acids is 1. The predicted octanol–water partition coefficient (Wildman–Crippen LogP) is 1.96.